The highest BCUT2D eigenvalue weighted by atomic mass is 15.5. The number of aryl methyl sites for hydroxylation is 1. The van der Waals surface area contributed by atoms with Crippen molar-refractivity contribution in [2.75, 3.05) is 0 Å². The summed E-state index contributed by atoms with van der Waals surface area (Å²) in [6, 6.07) is 2.05. The Labute approximate surface area is 83.0 Å². The molecule has 0 saturated carbocycles. The molecule has 14 heavy (non-hydrogen) atoms. The molecule has 0 radical (unpaired) electrons. The first-order valence-electron chi connectivity index (χ1n) is 4.64. The van der Waals surface area contributed by atoms with Crippen LogP contribution in [0.5, 0.6) is 0 Å². The molecule has 0 fully saturated rings. The van der Waals surface area contributed by atoms with E-state index in [1.807, 2.05) is 6.20 Å². The Hall–Kier alpha value is -1.45. The van der Waals surface area contributed by atoms with Crippen LogP contribution in [0.4, 0.5) is 0 Å². The molecule has 2 heterocycles. The lowest BCUT2D eigenvalue weighted by Gasteiger charge is -2.17. The van der Waals surface area contributed by atoms with Gasteiger partial charge in [-0.15, -0.1) is 5.10 Å². The molecule has 0 aliphatic rings. The SMILES string of the molecule is Cn1nc2cc(C(C)(C)C)cnc2n1. The molecule has 2 rings (SSSR count). The lowest BCUT2D eigenvalue weighted by atomic mass is 9.88. The zero-order valence-corrected chi connectivity index (χ0v) is 8.94. The molecule has 0 saturated heterocycles. The van der Waals surface area contributed by atoms with Crippen LogP contribution >= 0.6 is 0 Å². The van der Waals surface area contributed by atoms with Crippen molar-refractivity contribution in [3.05, 3.63) is 17.8 Å². The van der Waals surface area contributed by atoms with E-state index in [2.05, 4.69) is 42.0 Å². The van der Waals surface area contributed by atoms with Crippen molar-refractivity contribution in [1.82, 2.24) is 20.0 Å². The molecular weight excluding hydrogens is 176 g/mol. The van der Waals surface area contributed by atoms with Crippen molar-refractivity contribution in [3.63, 3.8) is 0 Å². The number of fused-ring (bicyclic) bond motifs is 1. The fraction of sp³-hybridized carbons (Fsp3) is 0.500. The Morgan fingerprint density at radius 2 is 1.93 bits per heavy atom. The second kappa shape index (κ2) is 2.77. The molecule has 0 amide bonds. The third-order valence-corrected chi connectivity index (χ3v) is 2.21. The number of pyridine rings is 1. The van der Waals surface area contributed by atoms with Crippen LogP contribution in [0, 0.1) is 0 Å². The van der Waals surface area contributed by atoms with Gasteiger partial charge in [0, 0.05) is 13.2 Å². The molecule has 2 aromatic heterocycles. The quantitative estimate of drug-likeness (QED) is 0.634. The van der Waals surface area contributed by atoms with E-state index < -0.39 is 0 Å². The lowest BCUT2D eigenvalue weighted by Crippen LogP contribution is -2.11. The number of hydrogen-bond donors (Lipinski definition) is 0. The van der Waals surface area contributed by atoms with Crippen molar-refractivity contribution >= 4 is 11.2 Å². The molecule has 2 aromatic rings. The second-order valence-corrected chi connectivity index (χ2v) is 4.51. The summed E-state index contributed by atoms with van der Waals surface area (Å²) < 4.78 is 0. The zero-order chi connectivity index (χ0) is 10.3. The highest BCUT2D eigenvalue weighted by molar-refractivity contribution is 5.69. The third-order valence-electron chi connectivity index (χ3n) is 2.21. The summed E-state index contributed by atoms with van der Waals surface area (Å²) in [6.07, 6.45) is 1.87. The normalized spacial score (nSPS) is 12.3. The van der Waals surface area contributed by atoms with Gasteiger partial charge in [0.1, 0.15) is 5.52 Å². The van der Waals surface area contributed by atoms with Crippen LogP contribution in [0.2, 0.25) is 0 Å². The number of nitrogens with zero attached hydrogens (tertiary/aromatic N) is 4. The molecule has 0 aromatic carbocycles. The van der Waals surface area contributed by atoms with Crippen LogP contribution in [-0.4, -0.2) is 20.0 Å². The smallest absolute Gasteiger partial charge is 0.201 e. The minimum atomic E-state index is 0.110. The van der Waals surface area contributed by atoms with E-state index in [9.17, 15) is 0 Å². The Kier molecular flexibility index (Phi) is 1.80. The molecule has 0 atom stereocenters. The van der Waals surface area contributed by atoms with Gasteiger partial charge in [0.25, 0.3) is 0 Å². The lowest BCUT2D eigenvalue weighted by molar-refractivity contribution is 0.588. The maximum absolute atomic E-state index is 4.27. The predicted molar refractivity (Wildman–Crippen MR) is 55.0 cm³/mol. The van der Waals surface area contributed by atoms with Crippen molar-refractivity contribution in [2.45, 2.75) is 26.2 Å². The summed E-state index contributed by atoms with van der Waals surface area (Å²) in [6.45, 7) is 6.48. The first kappa shape index (κ1) is 9.12. The van der Waals surface area contributed by atoms with Gasteiger partial charge in [-0.3, -0.25) is 0 Å². The number of hydrogen-bond acceptors (Lipinski definition) is 3. The third kappa shape index (κ3) is 1.47. The first-order chi connectivity index (χ1) is 6.47. The van der Waals surface area contributed by atoms with E-state index in [0.29, 0.717) is 5.65 Å². The minimum absolute atomic E-state index is 0.110. The zero-order valence-electron chi connectivity index (χ0n) is 8.94. The summed E-state index contributed by atoms with van der Waals surface area (Å²) in [5, 5.41) is 8.36. The van der Waals surface area contributed by atoms with Gasteiger partial charge in [-0.1, -0.05) is 20.8 Å². The van der Waals surface area contributed by atoms with E-state index in [1.54, 1.807) is 11.8 Å². The maximum Gasteiger partial charge on any atom is 0.201 e. The van der Waals surface area contributed by atoms with Gasteiger partial charge >= 0.3 is 0 Å². The predicted octanol–water partition coefficient (Wildman–Crippen LogP) is 1.66. The van der Waals surface area contributed by atoms with Crippen LogP contribution < -0.4 is 0 Å². The maximum atomic E-state index is 4.27. The minimum Gasteiger partial charge on any atom is -0.233 e. The molecule has 4 nitrogen and oxygen atoms in total. The molecule has 0 spiro atoms. The highest BCUT2D eigenvalue weighted by Gasteiger charge is 2.15. The molecule has 0 aliphatic heterocycles. The monoisotopic (exact) mass is 190 g/mol. The fourth-order valence-electron chi connectivity index (χ4n) is 1.32. The van der Waals surface area contributed by atoms with Gasteiger partial charge in [-0.25, -0.2) is 4.98 Å². The van der Waals surface area contributed by atoms with Crippen molar-refractivity contribution in [1.29, 1.82) is 0 Å². The Bertz CT molecular complexity index is 464. The van der Waals surface area contributed by atoms with E-state index in [0.717, 1.165) is 5.52 Å². The fourth-order valence-corrected chi connectivity index (χ4v) is 1.32. The van der Waals surface area contributed by atoms with Gasteiger partial charge in [-0.2, -0.15) is 9.90 Å². The molecular formula is C10H14N4. The Morgan fingerprint density at radius 1 is 1.21 bits per heavy atom. The summed E-state index contributed by atoms with van der Waals surface area (Å²) in [7, 11) is 1.80. The van der Waals surface area contributed by atoms with E-state index >= 15 is 0 Å². The topological polar surface area (TPSA) is 43.6 Å². The standard InChI is InChI=1S/C10H14N4/c1-10(2,3)7-5-8-9(11-6-7)13-14(4)12-8/h5-6H,1-4H3. The highest BCUT2D eigenvalue weighted by Crippen LogP contribution is 2.22. The molecule has 0 aliphatic carbocycles. The van der Waals surface area contributed by atoms with Gasteiger partial charge in [0.2, 0.25) is 5.65 Å². The number of rotatable bonds is 0. The summed E-state index contributed by atoms with van der Waals surface area (Å²) in [5.41, 5.74) is 2.87. The van der Waals surface area contributed by atoms with Crippen LogP contribution in [-0.2, 0) is 12.5 Å². The molecule has 0 bridgehead atoms. The molecule has 0 N–H and O–H groups in total. The van der Waals surface area contributed by atoms with E-state index in [1.165, 1.54) is 5.56 Å². The molecule has 0 unspecified atom stereocenters. The number of aromatic nitrogens is 4. The molecule has 4 heteroatoms. The average molecular weight is 190 g/mol. The van der Waals surface area contributed by atoms with Crippen LogP contribution in [0.1, 0.15) is 26.3 Å². The van der Waals surface area contributed by atoms with Crippen LogP contribution in [0.3, 0.4) is 0 Å². The van der Waals surface area contributed by atoms with Gasteiger partial charge in [0.05, 0.1) is 0 Å². The summed E-state index contributed by atoms with van der Waals surface area (Å²) in [5.74, 6) is 0. The van der Waals surface area contributed by atoms with Gasteiger partial charge < -0.3 is 0 Å². The second-order valence-electron chi connectivity index (χ2n) is 4.51. The van der Waals surface area contributed by atoms with Crippen molar-refractivity contribution < 1.29 is 0 Å². The van der Waals surface area contributed by atoms with E-state index in [4.69, 9.17) is 0 Å². The summed E-state index contributed by atoms with van der Waals surface area (Å²) >= 11 is 0. The van der Waals surface area contributed by atoms with E-state index in [-0.39, 0.29) is 5.41 Å². The Morgan fingerprint density at radius 3 is 2.57 bits per heavy atom. The van der Waals surface area contributed by atoms with Crippen LogP contribution in [0.15, 0.2) is 12.3 Å². The van der Waals surface area contributed by atoms with Gasteiger partial charge in [-0.05, 0) is 17.0 Å². The Balaban J connectivity index is 2.62. The average Bonchev–Trinajstić information content (AvgIpc) is 2.41. The largest absolute Gasteiger partial charge is 0.233 e. The first-order valence-corrected chi connectivity index (χ1v) is 4.64. The van der Waals surface area contributed by atoms with Crippen LogP contribution in [0.25, 0.3) is 11.2 Å². The molecule has 74 valence electrons. The van der Waals surface area contributed by atoms with Crippen molar-refractivity contribution in [2.24, 2.45) is 7.05 Å². The van der Waals surface area contributed by atoms with Crippen molar-refractivity contribution in [3.8, 4) is 0 Å². The van der Waals surface area contributed by atoms with Gasteiger partial charge in [0.15, 0.2) is 0 Å². The summed E-state index contributed by atoms with van der Waals surface area (Å²) in [4.78, 5) is 5.82.